The van der Waals surface area contributed by atoms with Gasteiger partial charge < -0.3 is 9.63 Å². The molecule has 0 amide bonds. The molecule has 2 rings (SSSR count). The molecule has 0 radical (unpaired) electrons. The maximum absolute atomic E-state index is 12.4. The monoisotopic (exact) mass is 273 g/mol. The van der Waals surface area contributed by atoms with E-state index in [1.807, 2.05) is 0 Å². The summed E-state index contributed by atoms with van der Waals surface area (Å²) in [6.45, 7) is 1.17. The van der Waals surface area contributed by atoms with Gasteiger partial charge in [0.1, 0.15) is 0 Å². The summed E-state index contributed by atoms with van der Waals surface area (Å²) >= 11 is 0. The molecule has 0 spiro atoms. The smallest absolute Gasteiger partial charge is 0.383 e. The van der Waals surface area contributed by atoms with Crippen molar-refractivity contribution in [2.75, 3.05) is 0 Å². The van der Waals surface area contributed by atoms with Gasteiger partial charge in [0.15, 0.2) is 6.10 Å². The Morgan fingerprint density at radius 3 is 2.68 bits per heavy atom. The number of alkyl halides is 3. The second-order valence-corrected chi connectivity index (χ2v) is 3.97. The highest BCUT2D eigenvalue weighted by molar-refractivity contribution is 5.51. The number of halogens is 3. The molecule has 0 aliphatic heterocycles. The molecule has 2 unspecified atom stereocenters. The third-order valence-corrected chi connectivity index (χ3v) is 2.56. The molecular formula is C11H10F3N3O2. The highest BCUT2D eigenvalue weighted by Crippen LogP contribution is 2.31. The van der Waals surface area contributed by atoms with Crippen LogP contribution in [-0.4, -0.2) is 32.5 Å². The van der Waals surface area contributed by atoms with Gasteiger partial charge in [0.25, 0.3) is 0 Å². The molecule has 1 N–H and O–H groups in total. The molecular weight excluding hydrogens is 263 g/mol. The normalized spacial score (nSPS) is 15.2. The molecule has 102 valence electrons. The van der Waals surface area contributed by atoms with E-state index >= 15 is 0 Å². The number of aliphatic hydroxyl groups excluding tert-OH is 1. The molecule has 8 heteroatoms. The molecule has 0 bridgehead atoms. The number of hydrogen-bond acceptors (Lipinski definition) is 5. The van der Waals surface area contributed by atoms with Gasteiger partial charge in [0.2, 0.25) is 11.7 Å². The Labute approximate surface area is 106 Å². The van der Waals surface area contributed by atoms with Gasteiger partial charge in [-0.25, -0.2) is 0 Å². The van der Waals surface area contributed by atoms with Crippen LogP contribution in [0.3, 0.4) is 0 Å². The maximum atomic E-state index is 12.4. The summed E-state index contributed by atoms with van der Waals surface area (Å²) in [6.07, 6.45) is -4.28. The average molecular weight is 273 g/mol. The lowest BCUT2D eigenvalue weighted by Crippen LogP contribution is -2.33. The van der Waals surface area contributed by atoms with E-state index < -0.39 is 18.2 Å². The summed E-state index contributed by atoms with van der Waals surface area (Å²) in [4.78, 5) is 7.68. The van der Waals surface area contributed by atoms with Crippen LogP contribution in [0.25, 0.3) is 11.4 Å². The zero-order valence-electron chi connectivity index (χ0n) is 9.80. The summed E-state index contributed by atoms with van der Waals surface area (Å²) in [7, 11) is 0. The molecule has 0 fully saturated rings. The lowest BCUT2D eigenvalue weighted by atomic mass is 10.0. The van der Waals surface area contributed by atoms with Crippen LogP contribution in [0.1, 0.15) is 18.7 Å². The fourth-order valence-corrected chi connectivity index (χ4v) is 1.45. The van der Waals surface area contributed by atoms with Gasteiger partial charge in [0, 0.05) is 18.0 Å². The highest BCUT2D eigenvalue weighted by Gasteiger charge is 2.44. The summed E-state index contributed by atoms with van der Waals surface area (Å²) < 4.78 is 41.8. The first-order chi connectivity index (χ1) is 8.89. The zero-order chi connectivity index (χ0) is 14.0. The molecule has 2 aromatic rings. The fraction of sp³-hybridized carbons (Fsp3) is 0.364. The number of nitrogens with zero attached hydrogens (tertiary/aromatic N) is 3. The number of pyridine rings is 1. The lowest BCUT2D eigenvalue weighted by Gasteiger charge is -2.17. The topological polar surface area (TPSA) is 72.0 Å². The van der Waals surface area contributed by atoms with E-state index in [0.29, 0.717) is 5.56 Å². The second kappa shape index (κ2) is 4.96. The fourth-order valence-electron chi connectivity index (χ4n) is 1.45. The molecule has 2 aromatic heterocycles. The van der Waals surface area contributed by atoms with E-state index in [4.69, 9.17) is 9.63 Å². The zero-order valence-corrected chi connectivity index (χ0v) is 9.80. The molecule has 0 aliphatic rings. The van der Waals surface area contributed by atoms with Crippen molar-refractivity contribution in [3.63, 3.8) is 0 Å². The van der Waals surface area contributed by atoms with Crippen LogP contribution in [0.2, 0.25) is 0 Å². The van der Waals surface area contributed by atoms with E-state index in [1.54, 1.807) is 18.3 Å². The molecule has 19 heavy (non-hydrogen) atoms. The van der Waals surface area contributed by atoms with Crippen molar-refractivity contribution in [1.82, 2.24) is 15.1 Å². The third-order valence-electron chi connectivity index (χ3n) is 2.56. The van der Waals surface area contributed by atoms with Crippen LogP contribution in [-0.2, 0) is 0 Å². The average Bonchev–Trinajstić information content (AvgIpc) is 2.86. The predicted molar refractivity (Wildman–Crippen MR) is 58.0 cm³/mol. The van der Waals surface area contributed by atoms with Crippen molar-refractivity contribution in [3.05, 3.63) is 30.4 Å². The Bertz CT molecular complexity index is 542. The Balaban J connectivity index is 2.22. The van der Waals surface area contributed by atoms with Gasteiger partial charge in [0.05, 0.1) is 5.92 Å². The Morgan fingerprint density at radius 1 is 1.37 bits per heavy atom. The van der Waals surface area contributed by atoms with Crippen molar-refractivity contribution >= 4 is 0 Å². The van der Waals surface area contributed by atoms with Crippen LogP contribution in [0.5, 0.6) is 0 Å². The van der Waals surface area contributed by atoms with Crippen LogP contribution < -0.4 is 0 Å². The van der Waals surface area contributed by atoms with Crippen molar-refractivity contribution in [1.29, 1.82) is 0 Å². The number of aromatic nitrogens is 3. The molecule has 0 aromatic carbocycles. The number of rotatable bonds is 3. The van der Waals surface area contributed by atoms with E-state index in [1.165, 1.54) is 13.1 Å². The van der Waals surface area contributed by atoms with Crippen LogP contribution in [0.15, 0.2) is 29.0 Å². The Morgan fingerprint density at radius 2 is 2.11 bits per heavy atom. The molecule has 0 saturated carbocycles. The SMILES string of the molecule is CC(c1nc(-c2cccnc2)no1)C(O)C(F)(F)F. The lowest BCUT2D eigenvalue weighted by molar-refractivity contribution is -0.210. The second-order valence-electron chi connectivity index (χ2n) is 3.97. The third kappa shape index (κ3) is 2.90. The van der Waals surface area contributed by atoms with Crippen molar-refractivity contribution in [2.45, 2.75) is 25.1 Å². The first-order valence-corrected chi connectivity index (χ1v) is 5.38. The number of aliphatic hydroxyl groups is 1. The molecule has 2 heterocycles. The van der Waals surface area contributed by atoms with Gasteiger partial charge in [-0.3, -0.25) is 4.98 Å². The summed E-state index contributed by atoms with van der Waals surface area (Å²) in [5, 5.41) is 12.7. The number of hydrogen-bond donors (Lipinski definition) is 1. The quantitative estimate of drug-likeness (QED) is 0.927. The van der Waals surface area contributed by atoms with Crippen molar-refractivity contribution < 1.29 is 22.8 Å². The Hall–Kier alpha value is -1.96. The minimum atomic E-state index is -4.73. The predicted octanol–water partition coefficient (Wildman–Crippen LogP) is 2.16. The van der Waals surface area contributed by atoms with Gasteiger partial charge in [-0.1, -0.05) is 12.1 Å². The Kier molecular flexibility index (Phi) is 3.52. The summed E-state index contributed by atoms with van der Waals surface area (Å²) in [5.41, 5.74) is 0.520. The maximum Gasteiger partial charge on any atom is 0.415 e. The van der Waals surface area contributed by atoms with Crippen LogP contribution in [0, 0.1) is 0 Å². The highest BCUT2D eigenvalue weighted by atomic mass is 19.4. The van der Waals surface area contributed by atoms with Gasteiger partial charge in [-0.05, 0) is 12.1 Å². The molecule has 2 atom stereocenters. The van der Waals surface area contributed by atoms with Crippen LogP contribution in [0.4, 0.5) is 13.2 Å². The van der Waals surface area contributed by atoms with E-state index in [0.717, 1.165) is 0 Å². The summed E-state index contributed by atoms with van der Waals surface area (Å²) in [5.74, 6) is -1.48. The minimum Gasteiger partial charge on any atom is -0.383 e. The van der Waals surface area contributed by atoms with Gasteiger partial charge >= 0.3 is 6.18 Å². The first-order valence-electron chi connectivity index (χ1n) is 5.38. The van der Waals surface area contributed by atoms with E-state index in [2.05, 4.69) is 15.1 Å². The van der Waals surface area contributed by atoms with E-state index in [9.17, 15) is 13.2 Å². The van der Waals surface area contributed by atoms with E-state index in [-0.39, 0.29) is 11.7 Å². The molecule has 0 saturated heterocycles. The van der Waals surface area contributed by atoms with Crippen LogP contribution >= 0.6 is 0 Å². The molecule has 0 aliphatic carbocycles. The first kappa shape index (κ1) is 13.5. The van der Waals surface area contributed by atoms with Gasteiger partial charge in [-0.2, -0.15) is 18.2 Å². The van der Waals surface area contributed by atoms with Gasteiger partial charge in [-0.15, -0.1) is 0 Å². The minimum absolute atomic E-state index is 0.129. The van der Waals surface area contributed by atoms with Crippen molar-refractivity contribution in [2.24, 2.45) is 0 Å². The standard InChI is InChI=1S/C11H10F3N3O2/c1-6(8(18)11(12,13)14)10-16-9(17-19-10)7-3-2-4-15-5-7/h2-6,8,18H,1H3. The summed E-state index contributed by atoms with van der Waals surface area (Å²) in [6, 6.07) is 3.28. The largest absolute Gasteiger partial charge is 0.415 e. The molecule has 5 nitrogen and oxygen atoms in total. The van der Waals surface area contributed by atoms with Crippen molar-refractivity contribution in [3.8, 4) is 11.4 Å².